The van der Waals surface area contributed by atoms with E-state index in [0.29, 0.717) is 27.7 Å². The second kappa shape index (κ2) is 6.68. The fourth-order valence-corrected chi connectivity index (χ4v) is 3.23. The number of aryl methyl sites for hydroxylation is 2. The lowest BCUT2D eigenvalue weighted by Crippen LogP contribution is -2.17. The van der Waals surface area contributed by atoms with Gasteiger partial charge in [0.15, 0.2) is 0 Å². The average Bonchev–Trinajstić information content (AvgIpc) is 2.89. The van der Waals surface area contributed by atoms with Crippen LogP contribution in [0.15, 0.2) is 41.2 Å². The Hall–Kier alpha value is -3.06. The minimum atomic E-state index is -0.422. The largest absolute Gasteiger partial charge is 0.341 e. The van der Waals surface area contributed by atoms with E-state index in [-0.39, 0.29) is 11.2 Å². The third kappa shape index (κ3) is 3.21. The summed E-state index contributed by atoms with van der Waals surface area (Å²) in [5.74, 6) is 0.472. The Kier molecular flexibility index (Phi) is 4.56. The lowest BCUT2D eigenvalue weighted by molar-refractivity contribution is -0.386. The van der Waals surface area contributed by atoms with Gasteiger partial charge in [0.25, 0.3) is 11.2 Å². The molecule has 0 aliphatic rings. The van der Waals surface area contributed by atoms with Crippen molar-refractivity contribution in [2.45, 2.75) is 20.8 Å². The molecule has 0 bridgehead atoms. The van der Waals surface area contributed by atoms with E-state index in [1.807, 2.05) is 6.92 Å². The van der Waals surface area contributed by atoms with Gasteiger partial charge < -0.3 is 5.32 Å². The van der Waals surface area contributed by atoms with Crippen molar-refractivity contribution in [1.29, 1.82) is 0 Å². The zero-order valence-corrected chi connectivity index (χ0v) is 15.2. The molecule has 3 aromatic rings. The van der Waals surface area contributed by atoms with Crippen molar-refractivity contribution in [3.05, 3.63) is 78.6 Å². The Morgan fingerprint density at radius 3 is 2.38 bits per heavy atom. The first-order chi connectivity index (χ1) is 12.3. The lowest BCUT2D eigenvalue weighted by Gasteiger charge is -2.12. The second-order valence-corrected chi connectivity index (χ2v) is 6.50. The number of nitrogens with one attached hydrogen (secondary N) is 2. The quantitative estimate of drug-likeness (QED) is 0.524. The van der Waals surface area contributed by atoms with E-state index in [4.69, 9.17) is 11.6 Å². The van der Waals surface area contributed by atoms with E-state index in [1.54, 1.807) is 44.2 Å². The highest BCUT2D eigenvalue weighted by atomic mass is 35.5. The van der Waals surface area contributed by atoms with Gasteiger partial charge in [0, 0.05) is 22.3 Å². The van der Waals surface area contributed by atoms with E-state index in [0.717, 1.165) is 11.3 Å². The molecule has 0 saturated heterocycles. The molecule has 0 fully saturated rings. The molecule has 1 heterocycles. The molecule has 0 amide bonds. The Balaban J connectivity index is 2.07. The SMILES string of the molecule is Cc1cc(C)c([N+](=O)[O-])c(C)c1-n1[nH]c(Nc2ccc(Cl)cc2)cc1=O. The van der Waals surface area contributed by atoms with Crippen LogP contribution in [-0.4, -0.2) is 14.7 Å². The zero-order chi connectivity index (χ0) is 19.0. The second-order valence-electron chi connectivity index (χ2n) is 6.07. The van der Waals surface area contributed by atoms with Crippen LogP contribution in [0.3, 0.4) is 0 Å². The third-order valence-electron chi connectivity index (χ3n) is 4.14. The number of H-pyrrole nitrogens is 1. The van der Waals surface area contributed by atoms with Crippen LogP contribution in [-0.2, 0) is 0 Å². The monoisotopic (exact) mass is 372 g/mol. The van der Waals surface area contributed by atoms with Gasteiger partial charge in [0.2, 0.25) is 0 Å². The van der Waals surface area contributed by atoms with Gasteiger partial charge in [-0.25, -0.2) is 4.68 Å². The Bertz CT molecular complexity index is 1050. The summed E-state index contributed by atoms with van der Waals surface area (Å²) in [7, 11) is 0. The zero-order valence-electron chi connectivity index (χ0n) is 14.5. The summed E-state index contributed by atoms with van der Waals surface area (Å²) < 4.78 is 1.31. The van der Waals surface area contributed by atoms with Gasteiger partial charge in [-0.15, -0.1) is 0 Å². The van der Waals surface area contributed by atoms with Crippen molar-refractivity contribution in [2.75, 3.05) is 5.32 Å². The number of anilines is 2. The molecule has 1 aromatic heterocycles. The van der Waals surface area contributed by atoms with E-state index in [9.17, 15) is 14.9 Å². The van der Waals surface area contributed by atoms with Crippen LogP contribution < -0.4 is 10.9 Å². The molecule has 0 saturated carbocycles. The highest BCUT2D eigenvalue weighted by Crippen LogP contribution is 2.30. The average molecular weight is 373 g/mol. The van der Waals surface area contributed by atoms with Crippen LogP contribution in [0.2, 0.25) is 5.02 Å². The summed E-state index contributed by atoms with van der Waals surface area (Å²) >= 11 is 5.87. The minimum Gasteiger partial charge on any atom is -0.341 e. The van der Waals surface area contributed by atoms with Gasteiger partial charge in [-0.1, -0.05) is 11.6 Å². The molecule has 2 aromatic carbocycles. The van der Waals surface area contributed by atoms with Crippen LogP contribution in [0.1, 0.15) is 16.7 Å². The number of aromatic nitrogens is 2. The summed E-state index contributed by atoms with van der Waals surface area (Å²) in [6.07, 6.45) is 0. The number of hydrogen-bond acceptors (Lipinski definition) is 4. The Morgan fingerprint density at radius 2 is 1.77 bits per heavy atom. The van der Waals surface area contributed by atoms with Gasteiger partial charge in [-0.3, -0.25) is 20.0 Å². The van der Waals surface area contributed by atoms with Crippen LogP contribution >= 0.6 is 11.6 Å². The maximum absolute atomic E-state index is 12.5. The first-order valence-electron chi connectivity index (χ1n) is 7.88. The molecule has 0 radical (unpaired) electrons. The predicted octanol–water partition coefficient (Wildman–Crippen LogP) is 4.40. The van der Waals surface area contributed by atoms with Gasteiger partial charge >= 0.3 is 0 Å². The summed E-state index contributed by atoms with van der Waals surface area (Å²) in [4.78, 5) is 23.4. The van der Waals surface area contributed by atoms with Gasteiger partial charge in [-0.2, -0.15) is 0 Å². The van der Waals surface area contributed by atoms with Crippen LogP contribution in [0.5, 0.6) is 0 Å². The number of benzene rings is 2. The van der Waals surface area contributed by atoms with E-state index >= 15 is 0 Å². The number of halogens is 1. The molecule has 0 spiro atoms. The van der Waals surface area contributed by atoms with Crippen molar-refractivity contribution in [1.82, 2.24) is 9.78 Å². The van der Waals surface area contributed by atoms with Crippen molar-refractivity contribution in [2.24, 2.45) is 0 Å². The van der Waals surface area contributed by atoms with Crippen molar-refractivity contribution >= 4 is 28.8 Å². The van der Waals surface area contributed by atoms with E-state index in [2.05, 4.69) is 10.4 Å². The molecule has 7 nitrogen and oxygen atoms in total. The van der Waals surface area contributed by atoms with Crippen molar-refractivity contribution < 1.29 is 4.92 Å². The van der Waals surface area contributed by atoms with E-state index < -0.39 is 4.92 Å². The summed E-state index contributed by atoms with van der Waals surface area (Å²) in [5, 5.41) is 18.0. The lowest BCUT2D eigenvalue weighted by atomic mass is 10.0. The summed E-state index contributed by atoms with van der Waals surface area (Å²) in [6.45, 7) is 5.15. The molecule has 0 aliphatic heterocycles. The first kappa shape index (κ1) is 17.8. The Labute approximate surface area is 154 Å². The molecular formula is C18H17ClN4O3. The summed E-state index contributed by atoms with van der Waals surface area (Å²) in [6, 6.07) is 10.1. The molecular weight excluding hydrogens is 356 g/mol. The molecule has 134 valence electrons. The number of aromatic amines is 1. The maximum Gasteiger partial charge on any atom is 0.277 e. The normalized spacial score (nSPS) is 10.8. The predicted molar refractivity (Wildman–Crippen MR) is 102 cm³/mol. The number of rotatable bonds is 4. The van der Waals surface area contributed by atoms with Gasteiger partial charge in [-0.05, 0) is 56.7 Å². The molecule has 3 rings (SSSR count). The maximum atomic E-state index is 12.5. The van der Waals surface area contributed by atoms with E-state index in [1.165, 1.54) is 10.7 Å². The topological polar surface area (TPSA) is 93.0 Å². The fourth-order valence-electron chi connectivity index (χ4n) is 3.10. The minimum absolute atomic E-state index is 0.0133. The standard InChI is InChI=1S/C18H17ClN4O3/c1-10-8-11(2)18(23(25)26)12(3)17(10)22-16(24)9-15(21-22)20-14-6-4-13(19)5-7-14/h4-9,20-21H,1-3H3. The molecule has 26 heavy (non-hydrogen) atoms. The molecule has 0 unspecified atom stereocenters. The van der Waals surface area contributed by atoms with Crippen LogP contribution in [0.25, 0.3) is 5.69 Å². The molecule has 8 heteroatoms. The summed E-state index contributed by atoms with van der Waals surface area (Å²) in [5.41, 5.74) is 2.71. The smallest absolute Gasteiger partial charge is 0.277 e. The number of nitro benzene ring substituents is 1. The van der Waals surface area contributed by atoms with Crippen LogP contribution in [0, 0.1) is 30.9 Å². The third-order valence-corrected chi connectivity index (χ3v) is 4.39. The molecule has 2 N–H and O–H groups in total. The van der Waals surface area contributed by atoms with Crippen molar-refractivity contribution in [3.8, 4) is 5.69 Å². The van der Waals surface area contributed by atoms with Crippen LogP contribution in [0.4, 0.5) is 17.2 Å². The van der Waals surface area contributed by atoms with Gasteiger partial charge in [0.1, 0.15) is 5.82 Å². The fraction of sp³-hybridized carbons (Fsp3) is 0.167. The first-order valence-corrected chi connectivity index (χ1v) is 8.26. The number of nitro groups is 1. The van der Waals surface area contributed by atoms with Crippen molar-refractivity contribution in [3.63, 3.8) is 0 Å². The molecule has 0 atom stereocenters. The Morgan fingerprint density at radius 1 is 1.12 bits per heavy atom. The highest BCUT2D eigenvalue weighted by Gasteiger charge is 2.22. The molecule has 0 aliphatic carbocycles. The highest BCUT2D eigenvalue weighted by molar-refractivity contribution is 6.30. The number of hydrogen-bond donors (Lipinski definition) is 2. The van der Waals surface area contributed by atoms with Gasteiger partial charge in [0.05, 0.1) is 16.2 Å². The number of nitrogens with zero attached hydrogens (tertiary/aromatic N) is 2.